The maximum absolute atomic E-state index is 11.5. The molecule has 3 aromatic rings. The Labute approximate surface area is 290 Å². The molecule has 2 aromatic heterocycles. The highest BCUT2D eigenvalue weighted by molar-refractivity contribution is 6.18. The normalized spacial score (nSPS) is 16.3. The molecule has 1 aliphatic rings. The van der Waals surface area contributed by atoms with Crippen LogP contribution in [-0.4, -0.2) is 42.3 Å². The van der Waals surface area contributed by atoms with Gasteiger partial charge >= 0.3 is 5.63 Å². The van der Waals surface area contributed by atoms with E-state index in [0.29, 0.717) is 60.0 Å². The number of allylic oxidation sites excluding steroid dienone is 1. The summed E-state index contributed by atoms with van der Waals surface area (Å²) in [5.41, 5.74) is 1.19. The minimum atomic E-state index is -0.670. The molecule has 0 aliphatic carbocycles. The molecule has 1 fully saturated rings. The van der Waals surface area contributed by atoms with Crippen molar-refractivity contribution in [2.45, 2.75) is 86.2 Å². The van der Waals surface area contributed by atoms with Crippen molar-refractivity contribution < 1.29 is 23.4 Å². The lowest BCUT2D eigenvalue weighted by molar-refractivity contribution is 0.0215. The lowest BCUT2D eigenvalue weighted by Gasteiger charge is -2.25. The van der Waals surface area contributed by atoms with Gasteiger partial charge < -0.3 is 23.4 Å². The molecule has 3 heterocycles. The van der Waals surface area contributed by atoms with Crippen molar-refractivity contribution in [1.29, 1.82) is 10.5 Å². The van der Waals surface area contributed by atoms with Crippen molar-refractivity contribution in [2.75, 3.05) is 31.6 Å². The van der Waals surface area contributed by atoms with E-state index in [-0.39, 0.29) is 5.92 Å². The fourth-order valence-corrected chi connectivity index (χ4v) is 4.22. The molecular weight excluding hydrogens is 639 g/mol. The van der Waals surface area contributed by atoms with Crippen LogP contribution in [0.2, 0.25) is 0 Å². The average Bonchev–Trinajstić information content (AvgIpc) is 3.71. The second-order valence-corrected chi connectivity index (χ2v) is 13.5. The predicted octanol–water partition coefficient (Wildman–Crippen LogP) is 9.64. The SMILES string of the molecule is C/C(=C\COc1c2ccoc2cc2oc(=O)ccc12)CC[C@@H](C)C(C)(C)O.C[C@@H](CCl)CC#N.C[C@H](CCl)CC#N.C[C@H]1CCOC1. The van der Waals surface area contributed by atoms with Gasteiger partial charge in [0.25, 0.3) is 0 Å². The Morgan fingerprint density at radius 1 is 1.09 bits per heavy atom. The van der Waals surface area contributed by atoms with Crippen molar-refractivity contribution in [3.63, 3.8) is 0 Å². The van der Waals surface area contributed by atoms with Crippen LogP contribution in [0.25, 0.3) is 21.9 Å². The van der Waals surface area contributed by atoms with E-state index in [1.165, 1.54) is 18.1 Å². The van der Waals surface area contributed by atoms with Gasteiger partial charge in [-0.25, -0.2) is 4.79 Å². The van der Waals surface area contributed by atoms with Gasteiger partial charge in [-0.1, -0.05) is 33.3 Å². The molecule has 4 atom stereocenters. The minimum Gasteiger partial charge on any atom is -0.488 e. The van der Waals surface area contributed by atoms with Crippen LogP contribution in [0.5, 0.6) is 5.75 Å². The van der Waals surface area contributed by atoms with Gasteiger partial charge in [-0.3, -0.25) is 0 Å². The highest BCUT2D eigenvalue weighted by atomic mass is 35.5. The third kappa shape index (κ3) is 16.6. The van der Waals surface area contributed by atoms with Gasteiger partial charge in [0, 0.05) is 49.9 Å². The van der Waals surface area contributed by atoms with E-state index in [1.807, 2.05) is 52.0 Å². The molecule has 1 aliphatic heterocycles. The fourth-order valence-electron chi connectivity index (χ4n) is 4.01. The highest BCUT2D eigenvalue weighted by Gasteiger charge is 2.21. The molecule has 0 bridgehead atoms. The summed E-state index contributed by atoms with van der Waals surface area (Å²) in [7, 11) is 0. The Hall–Kier alpha value is -3.01. The van der Waals surface area contributed by atoms with Crippen molar-refractivity contribution in [3.8, 4) is 17.9 Å². The van der Waals surface area contributed by atoms with Gasteiger partial charge in [0.15, 0.2) is 0 Å². The zero-order chi connectivity index (χ0) is 35.4. The topological polar surface area (TPSA) is 130 Å². The monoisotopic (exact) mass is 690 g/mol. The molecule has 8 nitrogen and oxygen atoms in total. The number of rotatable bonds is 11. The van der Waals surface area contributed by atoms with Gasteiger partial charge in [0.1, 0.15) is 23.5 Å². The molecule has 4 rings (SSSR count). The van der Waals surface area contributed by atoms with Crippen LogP contribution in [0.15, 0.2) is 55.8 Å². The number of fused-ring (bicyclic) bond motifs is 2. The Bertz CT molecular complexity index is 1470. The summed E-state index contributed by atoms with van der Waals surface area (Å²) in [4.78, 5) is 11.5. The Morgan fingerprint density at radius 2 is 1.70 bits per heavy atom. The standard InChI is InChI=1S/C22H26O5.2C5H8ClN.C5H10O/c1-14(5-6-15(2)22(3,4)24)9-11-26-21-16-7-8-20(23)27-19(16)13-18-17(21)10-12-25-18;2*1-5(4-6)2-3-7;1-5-2-3-6-4-5/h7-10,12-13,15,24H,5-6,11H2,1-4H3;2*5H,2,4H2,1H3;5H,2-4H2,1H3/b14-9+;;;/t15-;3*5-/m1100/s1. The van der Waals surface area contributed by atoms with E-state index in [1.54, 1.807) is 18.4 Å². The Balaban J connectivity index is 0.000000446. The van der Waals surface area contributed by atoms with Crippen LogP contribution in [0.4, 0.5) is 0 Å². The molecule has 0 spiro atoms. The quantitative estimate of drug-likeness (QED) is 0.120. The second-order valence-electron chi connectivity index (χ2n) is 12.9. The summed E-state index contributed by atoms with van der Waals surface area (Å²) < 4.78 is 21.8. The summed E-state index contributed by atoms with van der Waals surface area (Å²) in [6.07, 6.45) is 7.86. The summed E-state index contributed by atoms with van der Waals surface area (Å²) in [5.74, 6) is 3.58. The van der Waals surface area contributed by atoms with E-state index >= 15 is 0 Å². The van der Waals surface area contributed by atoms with Crippen molar-refractivity contribution >= 4 is 45.1 Å². The number of alkyl halides is 2. The van der Waals surface area contributed by atoms with Crippen LogP contribution in [0, 0.1) is 46.3 Å². The molecule has 47 heavy (non-hydrogen) atoms. The van der Waals surface area contributed by atoms with Crippen molar-refractivity contribution in [1.82, 2.24) is 0 Å². The Kier molecular flexibility index (Phi) is 20.1. The molecule has 0 amide bonds. The molecule has 0 unspecified atom stereocenters. The third-order valence-electron chi connectivity index (χ3n) is 7.71. The highest BCUT2D eigenvalue weighted by Crippen LogP contribution is 2.35. The first-order chi connectivity index (χ1) is 22.3. The first kappa shape index (κ1) is 42.0. The number of aliphatic hydroxyl groups is 1. The number of halogens is 2. The van der Waals surface area contributed by atoms with E-state index in [9.17, 15) is 9.90 Å². The first-order valence-electron chi connectivity index (χ1n) is 16.2. The zero-order valence-electron chi connectivity index (χ0n) is 29.0. The van der Waals surface area contributed by atoms with E-state index in [2.05, 4.69) is 20.8 Å². The number of benzene rings is 1. The first-order valence-corrected chi connectivity index (χ1v) is 17.2. The lowest BCUT2D eigenvalue weighted by Crippen LogP contribution is -2.28. The van der Waals surface area contributed by atoms with Gasteiger partial charge in [-0.15, -0.1) is 23.2 Å². The van der Waals surface area contributed by atoms with Crippen LogP contribution >= 0.6 is 23.2 Å². The molecule has 1 aromatic carbocycles. The Morgan fingerprint density at radius 3 is 2.17 bits per heavy atom. The fraction of sp³-hybridized carbons (Fsp3) is 0.595. The maximum Gasteiger partial charge on any atom is 0.336 e. The van der Waals surface area contributed by atoms with E-state index in [0.717, 1.165) is 42.7 Å². The molecule has 260 valence electrons. The van der Waals surface area contributed by atoms with E-state index < -0.39 is 11.2 Å². The molecule has 0 radical (unpaired) electrons. The van der Waals surface area contributed by atoms with Crippen LogP contribution in [0.3, 0.4) is 0 Å². The maximum atomic E-state index is 11.5. The summed E-state index contributed by atoms with van der Waals surface area (Å²) >= 11 is 10.8. The molecule has 1 saturated heterocycles. The minimum absolute atomic E-state index is 0.216. The van der Waals surface area contributed by atoms with Crippen LogP contribution in [-0.2, 0) is 4.74 Å². The predicted molar refractivity (Wildman–Crippen MR) is 191 cm³/mol. The molecular formula is C37H52Cl2N2O6. The van der Waals surface area contributed by atoms with Crippen LogP contribution < -0.4 is 10.4 Å². The number of hydrogen-bond donors (Lipinski definition) is 1. The number of hydrogen-bond acceptors (Lipinski definition) is 8. The largest absolute Gasteiger partial charge is 0.488 e. The number of nitriles is 2. The van der Waals surface area contributed by atoms with Crippen molar-refractivity contribution in [3.05, 3.63) is 52.6 Å². The van der Waals surface area contributed by atoms with E-state index in [4.69, 9.17) is 52.0 Å². The van der Waals surface area contributed by atoms with Gasteiger partial charge in [-0.2, -0.15) is 10.5 Å². The second kappa shape index (κ2) is 22.5. The van der Waals surface area contributed by atoms with Gasteiger partial charge in [0.2, 0.25) is 0 Å². The van der Waals surface area contributed by atoms with Crippen LogP contribution in [0.1, 0.15) is 80.6 Å². The molecule has 0 saturated carbocycles. The van der Waals surface area contributed by atoms with Gasteiger partial charge in [-0.05, 0) is 81.9 Å². The molecule has 10 heteroatoms. The third-order valence-corrected chi connectivity index (χ3v) is 8.76. The molecule has 1 N–H and O–H groups in total. The van der Waals surface area contributed by atoms with Gasteiger partial charge in [0.05, 0.1) is 34.8 Å². The zero-order valence-corrected chi connectivity index (χ0v) is 30.5. The average molecular weight is 692 g/mol. The lowest BCUT2D eigenvalue weighted by atomic mass is 9.88. The van der Waals surface area contributed by atoms with Crippen molar-refractivity contribution in [2.24, 2.45) is 23.7 Å². The summed E-state index contributed by atoms with van der Waals surface area (Å²) in [5, 5.41) is 27.7. The summed E-state index contributed by atoms with van der Waals surface area (Å²) in [6.45, 7) is 16.3. The summed E-state index contributed by atoms with van der Waals surface area (Å²) in [6, 6.07) is 10.7. The number of furan rings is 1. The smallest absolute Gasteiger partial charge is 0.336 e. The number of ether oxygens (including phenoxy) is 2. The number of nitrogens with zero attached hydrogens (tertiary/aromatic N) is 2.